The molecule has 1 N–H and O–H groups in total. The van der Waals surface area contributed by atoms with E-state index in [9.17, 15) is 4.79 Å². The van der Waals surface area contributed by atoms with Crippen molar-refractivity contribution >= 4 is 11.5 Å². The topological polar surface area (TPSA) is 60.5 Å². The van der Waals surface area contributed by atoms with E-state index in [2.05, 4.69) is 10.3 Å². The van der Waals surface area contributed by atoms with E-state index in [1.807, 2.05) is 60.7 Å². The van der Waals surface area contributed by atoms with Crippen LogP contribution in [-0.2, 0) is 6.54 Å². The molecule has 5 heteroatoms. The summed E-state index contributed by atoms with van der Waals surface area (Å²) in [7, 11) is 3.25. The average Bonchev–Trinajstić information content (AvgIpc) is 3.34. The number of ether oxygens (including phenoxy) is 2. The Hall–Kier alpha value is -4.12. The third-order valence-electron chi connectivity index (χ3n) is 5.23. The molecule has 32 heavy (non-hydrogen) atoms. The zero-order valence-electron chi connectivity index (χ0n) is 18.0. The van der Waals surface area contributed by atoms with Gasteiger partial charge in [-0.3, -0.25) is 9.78 Å². The monoisotopic (exact) mass is 424 g/mol. The number of rotatable bonds is 8. The Morgan fingerprint density at radius 2 is 1.53 bits per heavy atom. The highest BCUT2D eigenvalue weighted by molar-refractivity contribution is 6.14. The minimum absolute atomic E-state index is 0.0432. The highest BCUT2D eigenvalue weighted by atomic mass is 16.5. The molecule has 5 nitrogen and oxygen atoms in total. The highest BCUT2D eigenvalue weighted by Gasteiger charge is 2.22. The summed E-state index contributed by atoms with van der Waals surface area (Å²) in [6, 6.07) is 20.7. The van der Waals surface area contributed by atoms with E-state index in [1.165, 1.54) is 0 Å². The van der Waals surface area contributed by atoms with Crippen molar-refractivity contribution in [3.05, 3.63) is 119 Å². The molecule has 0 spiro atoms. The maximum absolute atomic E-state index is 13.3. The molecule has 2 aromatic carbocycles. The van der Waals surface area contributed by atoms with Crippen molar-refractivity contribution in [3.63, 3.8) is 0 Å². The van der Waals surface area contributed by atoms with Gasteiger partial charge in [0, 0.05) is 28.6 Å². The second-order valence-electron chi connectivity index (χ2n) is 7.19. The summed E-state index contributed by atoms with van der Waals surface area (Å²) in [5.74, 6) is 1.44. The van der Waals surface area contributed by atoms with Gasteiger partial charge in [0.05, 0.1) is 26.5 Å². The number of allylic oxidation sites excluding steroid dienone is 5. The number of benzene rings is 2. The fourth-order valence-corrected chi connectivity index (χ4v) is 3.53. The lowest BCUT2D eigenvalue weighted by Gasteiger charge is -2.17. The number of nitrogens with zero attached hydrogens (tertiary/aromatic N) is 1. The minimum Gasteiger partial charge on any atom is -0.497 e. The first-order valence-corrected chi connectivity index (χ1v) is 10.3. The molecule has 1 aromatic heterocycles. The summed E-state index contributed by atoms with van der Waals surface area (Å²) < 4.78 is 10.5. The van der Waals surface area contributed by atoms with Crippen molar-refractivity contribution in [2.24, 2.45) is 0 Å². The molecule has 0 bridgehead atoms. The van der Waals surface area contributed by atoms with Crippen molar-refractivity contribution in [2.45, 2.75) is 6.54 Å². The van der Waals surface area contributed by atoms with Crippen molar-refractivity contribution in [3.8, 4) is 11.5 Å². The molecule has 1 heterocycles. The maximum Gasteiger partial charge on any atom is 0.193 e. The van der Waals surface area contributed by atoms with Crippen molar-refractivity contribution in [2.75, 3.05) is 14.2 Å². The first-order chi connectivity index (χ1) is 15.7. The van der Waals surface area contributed by atoms with Crippen LogP contribution in [0.2, 0.25) is 0 Å². The first kappa shape index (κ1) is 21.1. The quantitative estimate of drug-likeness (QED) is 0.517. The Labute approximate surface area is 187 Å². The van der Waals surface area contributed by atoms with Crippen LogP contribution in [0.25, 0.3) is 5.70 Å². The number of carbonyl (C=O) groups is 1. The molecule has 1 aliphatic rings. The fraction of sp³-hybridized carbons (Fsp3) is 0.111. The lowest BCUT2D eigenvalue weighted by atomic mass is 9.95. The van der Waals surface area contributed by atoms with Crippen LogP contribution >= 0.6 is 0 Å². The van der Waals surface area contributed by atoms with Crippen molar-refractivity contribution in [1.29, 1.82) is 0 Å². The van der Waals surface area contributed by atoms with Crippen molar-refractivity contribution in [1.82, 2.24) is 10.3 Å². The van der Waals surface area contributed by atoms with Crippen LogP contribution < -0.4 is 14.8 Å². The zero-order chi connectivity index (χ0) is 22.3. The lowest BCUT2D eigenvalue weighted by Crippen LogP contribution is -2.16. The molecule has 0 saturated heterocycles. The van der Waals surface area contributed by atoms with Crippen LogP contribution in [0.3, 0.4) is 0 Å². The second kappa shape index (κ2) is 9.79. The maximum atomic E-state index is 13.3. The number of hydrogen-bond donors (Lipinski definition) is 1. The molecule has 0 fully saturated rings. The van der Waals surface area contributed by atoms with E-state index in [-0.39, 0.29) is 5.78 Å². The molecule has 0 atom stereocenters. The van der Waals surface area contributed by atoms with Gasteiger partial charge in [0.15, 0.2) is 5.78 Å². The molecular weight excluding hydrogens is 400 g/mol. The molecule has 0 radical (unpaired) electrons. The van der Waals surface area contributed by atoms with E-state index in [4.69, 9.17) is 9.47 Å². The van der Waals surface area contributed by atoms with Gasteiger partial charge in [0.2, 0.25) is 0 Å². The van der Waals surface area contributed by atoms with Crippen LogP contribution in [0.1, 0.15) is 21.6 Å². The number of Topliss-reactive ketones (excluding diaryl/α,β-unsaturated/α-hetero) is 1. The molecule has 0 saturated carbocycles. The highest BCUT2D eigenvalue weighted by Crippen LogP contribution is 2.30. The predicted molar refractivity (Wildman–Crippen MR) is 126 cm³/mol. The van der Waals surface area contributed by atoms with E-state index in [0.29, 0.717) is 23.4 Å². The van der Waals surface area contributed by atoms with Gasteiger partial charge in [-0.2, -0.15) is 0 Å². The summed E-state index contributed by atoms with van der Waals surface area (Å²) in [4.78, 5) is 17.7. The number of carbonyl (C=O) groups excluding carboxylic acids is 1. The molecule has 0 unspecified atom stereocenters. The predicted octanol–water partition coefficient (Wildman–Crippen LogP) is 4.98. The smallest absolute Gasteiger partial charge is 0.193 e. The standard InChI is InChI=1S/C27H24N2O3/c1-31-22-13-9-19(10-14-22)26(29-18-21-6-3-4-17-28-21)24-7-5-8-25(24)27(30)20-11-15-23(32-2)16-12-20/h3-17,29H,18H2,1-2H3. The summed E-state index contributed by atoms with van der Waals surface area (Å²) >= 11 is 0. The molecule has 0 amide bonds. The SMILES string of the molecule is COc1ccc(C(=O)C2=CC=CC2=C(NCc2ccccn2)c2ccc(OC)cc2)cc1. The van der Waals surface area contributed by atoms with Gasteiger partial charge in [-0.15, -0.1) is 0 Å². The third-order valence-corrected chi connectivity index (χ3v) is 5.23. The van der Waals surface area contributed by atoms with E-state index in [0.717, 1.165) is 28.3 Å². The van der Waals surface area contributed by atoms with Crippen LogP contribution in [0, 0.1) is 0 Å². The van der Waals surface area contributed by atoms with Gasteiger partial charge in [0.25, 0.3) is 0 Å². The molecule has 4 rings (SSSR count). The van der Waals surface area contributed by atoms with Crippen LogP contribution in [0.15, 0.2) is 102 Å². The Kier molecular flexibility index (Phi) is 6.46. The number of ketones is 1. The number of aromatic nitrogens is 1. The van der Waals surface area contributed by atoms with E-state index >= 15 is 0 Å². The zero-order valence-corrected chi connectivity index (χ0v) is 18.0. The normalized spacial score (nSPS) is 14.0. The molecule has 0 aliphatic heterocycles. The summed E-state index contributed by atoms with van der Waals surface area (Å²) in [5, 5.41) is 3.50. The fourth-order valence-electron chi connectivity index (χ4n) is 3.53. The van der Waals surface area contributed by atoms with E-state index in [1.54, 1.807) is 44.7 Å². The van der Waals surface area contributed by atoms with Gasteiger partial charge in [0.1, 0.15) is 11.5 Å². The first-order valence-electron chi connectivity index (χ1n) is 10.3. The third kappa shape index (κ3) is 4.62. The molecular formula is C27H24N2O3. The summed E-state index contributed by atoms with van der Waals surface area (Å²) in [5.41, 5.74) is 4.81. The minimum atomic E-state index is -0.0432. The van der Waals surface area contributed by atoms with E-state index < -0.39 is 0 Å². The Morgan fingerprint density at radius 1 is 0.875 bits per heavy atom. The van der Waals surface area contributed by atoms with Gasteiger partial charge < -0.3 is 14.8 Å². The van der Waals surface area contributed by atoms with Crippen molar-refractivity contribution < 1.29 is 14.3 Å². The van der Waals surface area contributed by atoms with Crippen LogP contribution in [0.5, 0.6) is 11.5 Å². The van der Waals surface area contributed by atoms with Gasteiger partial charge in [-0.05, 0) is 66.2 Å². The summed E-state index contributed by atoms with van der Waals surface area (Å²) in [6.45, 7) is 0.531. The largest absolute Gasteiger partial charge is 0.497 e. The summed E-state index contributed by atoms with van der Waals surface area (Å²) in [6.07, 6.45) is 7.49. The molecule has 160 valence electrons. The van der Waals surface area contributed by atoms with Gasteiger partial charge in [-0.1, -0.05) is 24.3 Å². The van der Waals surface area contributed by atoms with Gasteiger partial charge in [-0.25, -0.2) is 0 Å². The van der Waals surface area contributed by atoms with Crippen LogP contribution in [-0.4, -0.2) is 25.0 Å². The number of hydrogen-bond acceptors (Lipinski definition) is 5. The van der Waals surface area contributed by atoms with Crippen LogP contribution in [0.4, 0.5) is 0 Å². The number of nitrogens with one attached hydrogen (secondary N) is 1. The Bertz CT molecular complexity index is 1180. The number of pyridine rings is 1. The lowest BCUT2D eigenvalue weighted by molar-refractivity contribution is 0.103. The molecule has 1 aliphatic carbocycles. The second-order valence-corrected chi connectivity index (χ2v) is 7.19. The Morgan fingerprint density at radius 3 is 2.12 bits per heavy atom. The van der Waals surface area contributed by atoms with Gasteiger partial charge >= 0.3 is 0 Å². The molecule has 3 aromatic rings. The average molecular weight is 425 g/mol. The number of methoxy groups -OCH3 is 2. The Balaban J connectivity index is 1.70.